The van der Waals surface area contributed by atoms with Gasteiger partial charge in [-0.1, -0.05) is 40.5 Å². The highest BCUT2D eigenvalue weighted by molar-refractivity contribution is 5.94. The van der Waals surface area contributed by atoms with Crippen molar-refractivity contribution < 1.29 is 19.8 Å². The molecule has 2 amide bonds. The number of nitrogens with zero attached hydrogens (tertiary/aromatic N) is 1. The molecule has 138 valence electrons. The summed E-state index contributed by atoms with van der Waals surface area (Å²) in [6.07, 6.45) is 6.96. The van der Waals surface area contributed by atoms with Crippen molar-refractivity contribution in [3.05, 3.63) is 12.3 Å². The fraction of sp³-hybridized carbons (Fsp3) is 0.765. The zero-order chi connectivity index (χ0) is 18.9. The Labute approximate surface area is 141 Å². The smallest absolute Gasteiger partial charge is 0.251 e. The van der Waals surface area contributed by atoms with Crippen LogP contribution < -0.4 is 5.32 Å². The lowest BCUT2D eigenvalue weighted by Gasteiger charge is -2.18. The Bertz CT molecular complexity index is 302. The molecule has 0 aliphatic heterocycles. The van der Waals surface area contributed by atoms with E-state index in [2.05, 4.69) is 19.2 Å². The quantitative estimate of drug-likeness (QED) is 0.360. The van der Waals surface area contributed by atoms with E-state index in [0.717, 1.165) is 18.9 Å². The summed E-state index contributed by atoms with van der Waals surface area (Å²) >= 11 is 0. The predicted molar refractivity (Wildman–Crippen MR) is 94.5 cm³/mol. The molecular weight excluding hydrogens is 296 g/mol. The van der Waals surface area contributed by atoms with Gasteiger partial charge in [0.2, 0.25) is 6.41 Å². The molecule has 3 N–H and O–H groups in total. The summed E-state index contributed by atoms with van der Waals surface area (Å²) in [5.41, 5.74) is 0. The van der Waals surface area contributed by atoms with E-state index in [9.17, 15) is 9.59 Å². The van der Waals surface area contributed by atoms with E-state index in [1.807, 2.05) is 25.8 Å². The number of rotatable bonds is 8. The Morgan fingerprint density at radius 3 is 2.00 bits per heavy atom. The maximum Gasteiger partial charge on any atom is 0.251 e. The van der Waals surface area contributed by atoms with Crippen molar-refractivity contribution in [1.29, 1.82) is 0 Å². The van der Waals surface area contributed by atoms with Crippen molar-refractivity contribution in [3.63, 3.8) is 0 Å². The highest BCUT2D eigenvalue weighted by atomic mass is 16.5. The standard InChI is InChI=1S/C12H22N2O2.C3H8O2.C2H6/c1-4-11(5-2)6-8-14(3)9-7-12(16)13-10-15;1-3(2,4)5;1-2/h7,9-11H,4-6,8H2,1-3H3,(H,13,15,16);4-5H,1-2H3;1-2H3/b9-7-;;. The summed E-state index contributed by atoms with van der Waals surface area (Å²) in [6.45, 7) is 11.9. The van der Waals surface area contributed by atoms with E-state index in [-0.39, 0.29) is 5.91 Å². The largest absolute Gasteiger partial charge is 0.380 e. The van der Waals surface area contributed by atoms with Crippen molar-refractivity contribution in [2.45, 2.75) is 66.6 Å². The van der Waals surface area contributed by atoms with Crippen molar-refractivity contribution in [3.8, 4) is 0 Å². The molecule has 0 aromatic rings. The summed E-state index contributed by atoms with van der Waals surface area (Å²) in [7, 11) is 1.92. The summed E-state index contributed by atoms with van der Waals surface area (Å²) in [5, 5.41) is 18.2. The van der Waals surface area contributed by atoms with Gasteiger partial charge in [-0.05, 0) is 26.2 Å². The van der Waals surface area contributed by atoms with Gasteiger partial charge in [0.05, 0.1) is 0 Å². The highest BCUT2D eigenvalue weighted by Gasteiger charge is 2.03. The summed E-state index contributed by atoms with van der Waals surface area (Å²) in [6, 6.07) is 0. The van der Waals surface area contributed by atoms with Crippen molar-refractivity contribution in [2.75, 3.05) is 13.6 Å². The van der Waals surface area contributed by atoms with Crippen molar-refractivity contribution >= 4 is 12.3 Å². The van der Waals surface area contributed by atoms with Gasteiger partial charge in [-0.3, -0.25) is 14.9 Å². The Kier molecular flexibility index (Phi) is 19.5. The van der Waals surface area contributed by atoms with Gasteiger partial charge in [0.15, 0.2) is 5.79 Å². The van der Waals surface area contributed by atoms with E-state index in [1.165, 1.54) is 32.8 Å². The molecule has 23 heavy (non-hydrogen) atoms. The first-order valence-corrected chi connectivity index (χ1v) is 8.21. The average molecular weight is 332 g/mol. The molecule has 0 heterocycles. The third kappa shape index (κ3) is 29.3. The summed E-state index contributed by atoms with van der Waals surface area (Å²) in [4.78, 5) is 22.9. The minimum absolute atomic E-state index is 0.385. The molecule has 0 fully saturated rings. The van der Waals surface area contributed by atoms with Gasteiger partial charge in [0.25, 0.3) is 5.91 Å². The zero-order valence-corrected chi connectivity index (χ0v) is 15.8. The Morgan fingerprint density at radius 1 is 1.22 bits per heavy atom. The molecular formula is C17H36N2O4. The fourth-order valence-corrected chi connectivity index (χ4v) is 1.46. The molecule has 0 unspecified atom stereocenters. The van der Waals surface area contributed by atoms with Crippen LogP contribution in [0.4, 0.5) is 0 Å². The number of aliphatic hydroxyl groups is 2. The lowest BCUT2D eigenvalue weighted by molar-refractivity contribution is -0.127. The molecule has 0 aliphatic rings. The van der Waals surface area contributed by atoms with Crippen LogP contribution in [0.3, 0.4) is 0 Å². The number of carbonyl (C=O) groups is 2. The minimum Gasteiger partial charge on any atom is -0.380 e. The van der Waals surface area contributed by atoms with Gasteiger partial charge >= 0.3 is 0 Å². The van der Waals surface area contributed by atoms with E-state index < -0.39 is 5.79 Å². The third-order valence-electron chi connectivity index (χ3n) is 2.73. The SMILES string of the molecule is CC.CC(C)(O)O.CCC(CC)CCN(C)/C=C\C(=O)NC=O. The lowest BCUT2D eigenvalue weighted by atomic mass is 9.99. The fourth-order valence-electron chi connectivity index (χ4n) is 1.46. The van der Waals surface area contributed by atoms with Crippen LogP contribution in [-0.2, 0) is 9.59 Å². The van der Waals surface area contributed by atoms with Gasteiger partial charge in [-0.25, -0.2) is 0 Å². The normalized spacial score (nSPS) is 10.3. The third-order valence-corrected chi connectivity index (χ3v) is 2.73. The van der Waals surface area contributed by atoms with Crippen LogP contribution in [0.25, 0.3) is 0 Å². The Balaban J connectivity index is -0.000000483. The maximum absolute atomic E-state index is 10.9. The van der Waals surface area contributed by atoms with Gasteiger partial charge in [-0.2, -0.15) is 0 Å². The van der Waals surface area contributed by atoms with Crippen LogP contribution >= 0.6 is 0 Å². The first-order valence-electron chi connectivity index (χ1n) is 8.21. The molecule has 6 nitrogen and oxygen atoms in total. The van der Waals surface area contributed by atoms with Gasteiger partial charge < -0.3 is 15.1 Å². The summed E-state index contributed by atoms with van der Waals surface area (Å²) in [5.74, 6) is -1.14. The highest BCUT2D eigenvalue weighted by Crippen LogP contribution is 2.12. The number of hydrogen-bond acceptors (Lipinski definition) is 5. The Morgan fingerprint density at radius 2 is 1.65 bits per heavy atom. The molecule has 0 bridgehead atoms. The minimum atomic E-state index is -1.50. The van der Waals surface area contributed by atoms with Crippen LogP contribution in [0, 0.1) is 5.92 Å². The number of amides is 2. The number of nitrogens with one attached hydrogen (secondary N) is 1. The van der Waals surface area contributed by atoms with E-state index >= 15 is 0 Å². The number of imide groups is 1. The molecule has 0 spiro atoms. The van der Waals surface area contributed by atoms with Crippen molar-refractivity contribution in [1.82, 2.24) is 10.2 Å². The number of carbonyl (C=O) groups excluding carboxylic acids is 2. The van der Waals surface area contributed by atoms with Crippen LogP contribution in [0.5, 0.6) is 0 Å². The van der Waals surface area contributed by atoms with Gasteiger partial charge in [-0.15, -0.1) is 0 Å². The van der Waals surface area contributed by atoms with E-state index in [0.29, 0.717) is 6.41 Å². The molecule has 0 aliphatic carbocycles. The zero-order valence-electron chi connectivity index (χ0n) is 15.8. The first kappa shape index (κ1) is 26.5. The average Bonchev–Trinajstić information content (AvgIpc) is 2.47. The molecule has 0 saturated carbocycles. The predicted octanol–water partition coefficient (Wildman–Crippen LogP) is 2.26. The van der Waals surface area contributed by atoms with Crippen LogP contribution in [0.1, 0.15) is 60.8 Å². The monoisotopic (exact) mass is 332 g/mol. The van der Waals surface area contributed by atoms with Gasteiger partial charge in [0.1, 0.15) is 0 Å². The molecule has 6 heteroatoms. The topological polar surface area (TPSA) is 89.9 Å². The van der Waals surface area contributed by atoms with Crippen LogP contribution in [-0.4, -0.2) is 46.8 Å². The Hall–Kier alpha value is -1.40. The maximum atomic E-state index is 10.9. The van der Waals surface area contributed by atoms with Gasteiger partial charge in [0, 0.05) is 25.9 Å². The van der Waals surface area contributed by atoms with E-state index in [1.54, 1.807) is 6.20 Å². The van der Waals surface area contributed by atoms with Crippen LogP contribution in [0.2, 0.25) is 0 Å². The van der Waals surface area contributed by atoms with E-state index in [4.69, 9.17) is 10.2 Å². The lowest BCUT2D eigenvalue weighted by Crippen LogP contribution is -2.21. The second-order valence-electron chi connectivity index (χ2n) is 5.39. The van der Waals surface area contributed by atoms with Crippen molar-refractivity contribution in [2.24, 2.45) is 5.92 Å². The molecule has 0 saturated heterocycles. The van der Waals surface area contributed by atoms with Crippen LogP contribution in [0.15, 0.2) is 12.3 Å². The first-order chi connectivity index (χ1) is 10.6. The summed E-state index contributed by atoms with van der Waals surface area (Å²) < 4.78 is 0. The number of hydrogen-bond donors (Lipinski definition) is 3. The second-order valence-corrected chi connectivity index (χ2v) is 5.39. The molecule has 0 aromatic carbocycles. The molecule has 0 atom stereocenters. The molecule has 0 rings (SSSR count). The second kappa shape index (κ2) is 17.0. The molecule has 0 aromatic heterocycles. The molecule has 0 radical (unpaired) electrons.